The number of aliphatic hydroxyl groups excluding tert-OH is 1. The number of hydrogen-bond acceptors (Lipinski definition) is 2. The Bertz CT molecular complexity index is 510. The molecule has 0 aliphatic heterocycles. The SMILES string of the molecule is CC(O)c1cc(F)ccc1-n1[c]cc(Cl)n1. The first-order valence-corrected chi connectivity index (χ1v) is 5.07. The second-order valence-corrected chi connectivity index (χ2v) is 3.77. The molecule has 0 aliphatic rings. The van der Waals surface area contributed by atoms with E-state index in [9.17, 15) is 9.50 Å². The quantitative estimate of drug-likeness (QED) is 0.875. The van der Waals surface area contributed by atoms with Crippen LogP contribution in [-0.2, 0) is 0 Å². The lowest BCUT2D eigenvalue weighted by molar-refractivity contribution is 0.198. The molecule has 0 amide bonds. The number of hydrogen-bond donors (Lipinski definition) is 1. The second kappa shape index (κ2) is 4.23. The van der Waals surface area contributed by atoms with Crippen LogP contribution in [0.5, 0.6) is 0 Å². The van der Waals surface area contributed by atoms with Crippen molar-refractivity contribution in [1.82, 2.24) is 9.78 Å². The third kappa shape index (κ3) is 2.08. The van der Waals surface area contributed by atoms with Crippen molar-refractivity contribution in [3.8, 4) is 5.69 Å². The molecule has 1 aromatic heterocycles. The van der Waals surface area contributed by atoms with Gasteiger partial charge in [0, 0.05) is 11.6 Å². The van der Waals surface area contributed by atoms with Gasteiger partial charge in [0.25, 0.3) is 0 Å². The molecule has 1 atom stereocenters. The molecule has 3 nitrogen and oxygen atoms in total. The molecule has 16 heavy (non-hydrogen) atoms. The highest BCUT2D eigenvalue weighted by molar-refractivity contribution is 6.29. The standard InChI is InChI=1S/C11H9ClFN2O/c1-7(16)9-6-8(13)2-3-10(9)15-5-4-11(12)14-15/h2-4,6-7,16H,1H3. The number of aromatic nitrogens is 2. The van der Waals surface area contributed by atoms with Crippen LogP contribution < -0.4 is 0 Å². The normalized spacial score (nSPS) is 12.8. The molecule has 5 heteroatoms. The predicted molar refractivity (Wildman–Crippen MR) is 58.0 cm³/mol. The van der Waals surface area contributed by atoms with E-state index in [1.807, 2.05) is 0 Å². The molecule has 1 radical (unpaired) electrons. The number of benzene rings is 1. The third-order valence-electron chi connectivity index (χ3n) is 2.17. The van der Waals surface area contributed by atoms with Crippen molar-refractivity contribution in [2.24, 2.45) is 0 Å². The van der Waals surface area contributed by atoms with Gasteiger partial charge in [0.2, 0.25) is 0 Å². The number of rotatable bonds is 2. The maximum absolute atomic E-state index is 13.1. The topological polar surface area (TPSA) is 38.0 Å². The van der Waals surface area contributed by atoms with Gasteiger partial charge in [-0.1, -0.05) is 11.6 Å². The minimum absolute atomic E-state index is 0.292. The predicted octanol–water partition coefficient (Wildman–Crippen LogP) is 2.52. The fourth-order valence-electron chi connectivity index (χ4n) is 1.44. The van der Waals surface area contributed by atoms with Crippen molar-refractivity contribution in [3.05, 3.63) is 47.0 Å². The highest BCUT2D eigenvalue weighted by Crippen LogP contribution is 2.22. The van der Waals surface area contributed by atoms with Gasteiger partial charge in [-0.15, -0.1) is 0 Å². The first kappa shape index (κ1) is 11.1. The van der Waals surface area contributed by atoms with Crippen molar-refractivity contribution in [2.75, 3.05) is 0 Å². The van der Waals surface area contributed by atoms with Gasteiger partial charge in [0.15, 0.2) is 5.15 Å². The summed E-state index contributed by atoms with van der Waals surface area (Å²) in [5, 5.41) is 13.8. The van der Waals surface area contributed by atoms with E-state index in [4.69, 9.17) is 11.6 Å². The summed E-state index contributed by atoms with van der Waals surface area (Å²) in [7, 11) is 0. The first-order chi connectivity index (χ1) is 7.58. The first-order valence-electron chi connectivity index (χ1n) is 4.69. The largest absolute Gasteiger partial charge is 0.389 e. The molecule has 2 rings (SSSR count). The molecule has 0 aliphatic carbocycles. The highest BCUT2D eigenvalue weighted by atomic mass is 35.5. The van der Waals surface area contributed by atoms with Crippen LogP contribution in [0.15, 0.2) is 24.3 Å². The van der Waals surface area contributed by atoms with Crippen LogP contribution in [0, 0.1) is 12.0 Å². The van der Waals surface area contributed by atoms with E-state index in [2.05, 4.69) is 11.3 Å². The molecule has 1 heterocycles. The van der Waals surface area contributed by atoms with Gasteiger partial charge in [-0.05, 0) is 25.1 Å². The Kier molecular flexibility index (Phi) is 2.94. The van der Waals surface area contributed by atoms with E-state index in [-0.39, 0.29) is 0 Å². The second-order valence-electron chi connectivity index (χ2n) is 3.39. The number of nitrogens with zero attached hydrogens (tertiary/aromatic N) is 2. The Morgan fingerprint density at radius 3 is 2.88 bits per heavy atom. The Labute approximate surface area is 97.1 Å². The minimum atomic E-state index is -0.790. The van der Waals surface area contributed by atoms with Gasteiger partial charge < -0.3 is 5.11 Å². The summed E-state index contributed by atoms with van der Waals surface area (Å²) < 4.78 is 14.4. The maximum Gasteiger partial charge on any atom is 0.152 e. The lowest BCUT2D eigenvalue weighted by Crippen LogP contribution is -2.04. The van der Waals surface area contributed by atoms with Crippen molar-refractivity contribution in [1.29, 1.82) is 0 Å². The molecule has 0 spiro atoms. The Balaban J connectivity index is 2.56. The highest BCUT2D eigenvalue weighted by Gasteiger charge is 2.11. The van der Waals surface area contributed by atoms with Gasteiger partial charge in [-0.25, -0.2) is 9.07 Å². The van der Waals surface area contributed by atoms with Crippen molar-refractivity contribution in [2.45, 2.75) is 13.0 Å². The van der Waals surface area contributed by atoms with Crippen LogP contribution in [0.2, 0.25) is 5.15 Å². The van der Waals surface area contributed by atoms with Crippen LogP contribution >= 0.6 is 11.6 Å². The van der Waals surface area contributed by atoms with Gasteiger partial charge in [0.1, 0.15) is 5.82 Å². The smallest absolute Gasteiger partial charge is 0.152 e. The summed E-state index contributed by atoms with van der Waals surface area (Å²) in [5.41, 5.74) is 0.999. The zero-order chi connectivity index (χ0) is 11.7. The number of halogens is 2. The van der Waals surface area contributed by atoms with E-state index in [0.29, 0.717) is 16.4 Å². The van der Waals surface area contributed by atoms with Crippen LogP contribution in [0.1, 0.15) is 18.6 Å². The molecular weight excluding hydrogens is 231 g/mol. The molecule has 2 aromatic rings. The lowest BCUT2D eigenvalue weighted by Gasteiger charge is -2.11. The third-order valence-corrected chi connectivity index (χ3v) is 2.35. The van der Waals surface area contributed by atoms with E-state index >= 15 is 0 Å². The minimum Gasteiger partial charge on any atom is -0.389 e. The lowest BCUT2D eigenvalue weighted by atomic mass is 10.1. The van der Waals surface area contributed by atoms with Gasteiger partial charge >= 0.3 is 0 Å². The van der Waals surface area contributed by atoms with Crippen molar-refractivity contribution in [3.63, 3.8) is 0 Å². The zero-order valence-electron chi connectivity index (χ0n) is 8.48. The average molecular weight is 240 g/mol. The van der Waals surface area contributed by atoms with Gasteiger partial charge in [0.05, 0.1) is 18.0 Å². The molecule has 0 bridgehead atoms. The van der Waals surface area contributed by atoms with E-state index < -0.39 is 11.9 Å². The zero-order valence-corrected chi connectivity index (χ0v) is 9.24. The van der Waals surface area contributed by atoms with Gasteiger partial charge in [-0.2, -0.15) is 5.10 Å². The molecule has 83 valence electrons. The summed E-state index contributed by atoms with van der Waals surface area (Å²) in [5.74, 6) is -0.405. The summed E-state index contributed by atoms with van der Waals surface area (Å²) in [6, 6.07) is 5.59. The van der Waals surface area contributed by atoms with Crippen molar-refractivity contribution >= 4 is 11.6 Å². The summed E-state index contributed by atoms with van der Waals surface area (Å²) in [6.45, 7) is 1.56. The van der Waals surface area contributed by atoms with Crippen molar-refractivity contribution < 1.29 is 9.50 Å². The molecule has 1 N–H and O–H groups in total. The molecular formula is C11H9ClFN2O. The van der Waals surface area contributed by atoms with Crippen LogP contribution in [-0.4, -0.2) is 14.9 Å². The fraction of sp³-hybridized carbons (Fsp3) is 0.182. The van der Waals surface area contributed by atoms with E-state index in [1.54, 1.807) is 6.92 Å². The van der Waals surface area contributed by atoms with E-state index in [1.165, 1.54) is 28.9 Å². The monoisotopic (exact) mass is 239 g/mol. The molecule has 1 aromatic carbocycles. The fourth-order valence-corrected chi connectivity index (χ4v) is 1.57. The summed E-state index contributed by atoms with van der Waals surface area (Å²) in [4.78, 5) is 0. The Morgan fingerprint density at radius 1 is 1.56 bits per heavy atom. The van der Waals surface area contributed by atoms with Crippen LogP contribution in [0.4, 0.5) is 4.39 Å². The molecule has 0 fully saturated rings. The van der Waals surface area contributed by atoms with Gasteiger partial charge in [-0.3, -0.25) is 0 Å². The molecule has 0 saturated heterocycles. The number of aliphatic hydroxyl groups is 1. The molecule has 0 saturated carbocycles. The summed E-state index contributed by atoms with van der Waals surface area (Å²) in [6.07, 6.45) is 1.99. The Hall–Kier alpha value is -1.39. The van der Waals surface area contributed by atoms with Crippen LogP contribution in [0.3, 0.4) is 0 Å². The average Bonchev–Trinajstić information content (AvgIpc) is 2.64. The summed E-state index contributed by atoms with van der Waals surface area (Å²) >= 11 is 5.67. The van der Waals surface area contributed by atoms with E-state index in [0.717, 1.165) is 0 Å². The maximum atomic E-state index is 13.1. The Morgan fingerprint density at radius 2 is 2.31 bits per heavy atom. The van der Waals surface area contributed by atoms with Crippen LogP contribution in [0.25, 0.3) is 5.69 Å². The molecule has 1 unspecified atom stereocenters.